The van der Waals surface area contributed by atoms with E-state index < -0.39 is 6.10 Å². The van der Waals surface area contributed by atoms with Crippen molar-refractivity contribution in [1.29, 1.82) is 0 Å². The maximum absolute atomic E-state index is 10.2. The van der Waals surface area contributed by atoms with Gasteiger partial charge in [-0.15, -0.1) is 0 Å². The van der Waals surface area contributed by atoms with Gasteiger partial charge in [0.25, 0.3) is 0 Å². The fourth-order valence-corrected chi connectivity index (χ4v) is 2.85. The third-order valence-corrected chi connectivity index (χ3v) is 3.98. The van der Waals surface area contributed by atoms with Crippen LogP contribution in [0.5, 0.6) is 0 Å². The number of benzene rings is 1. The number of aromatic nitrogens is 2. The van der Waals surface area contributed by atoms with Crippen molar-refractivity contribution >= 4 is 11.0 Å². The zero-order valence-electron chi connectivity index (χ0n) is 12.4. The number of aliphatic hydroxyl groups is 1. The second-order valence-electron chi connectivity index (χ2n) is 5.65. The monoisotopic (exact) mass is 286 g/mol. The molecule has 1 aromatic heterocycles. The van der Waals surface area contributed by atoms with Crippen molar-refractivity contribution in [2.45, 2.75) is 44.9 Å². The standard InChI is InChI=1S/C17H22N2O2/c1-13-18-16-9-5-6-10-17(16)19(13)11-14(20)12-21-15-7-3-2-4-8-15/h2-3,5-6,9-10,14-15,20H,4,7-8,11-12H2,1H3/t14-,15-/m0/s1. The summed E-state index contributed by atoms with van der Waals surface area (Å²) in [5.41, 5.74) is 2.04. The summed E-state index contributed by atoms with van der Waals surface area (Å²) in [5.74, 6) is 0.927. The van der Waals surface area contributed by atoms with E-state index in [1.807, 2.05) is 31.2 Å². The van der Waals surface area contributed by atoms with Gasteiger partial charge in [-0.1, -0.05) is 24.3 Å². The molecule has 0 spiro atoms. The number of aryl methyl sites for hydroxylation is 1. The van der Waals surface area contributed by atoms with E-state index in [1.54, 1.807) is 0 Å². The van der Waals surface area contributed by atoms with Crippen LogP contribution in [0.15, 0.2) is 36.4 Å². The van der Waals surface area contributed by atoms with Crippen molar-refractivity contribution in [2.75, 3.05) is 6.61 Å². The summed E-state index contributed by atoms with van der Waals surface area (Å²) in [7, 11) is 0. The molecule has 0 bridgehead atoms. The molecule has 2 atom stereocenters. The molecule has 0 fully saturated rings. The molecule has 1 aromatic carbocycles. The molecular formula is C17H22N2O2. The van der Waals surface area contributed by atoms with Crippen LogP contribution >= 0.6 is 0 Å². The Morgan fingerprint density at radius 1 is 1.38 bits per heavy atom. The Balaban J connectivity index is 1.62. The Morgan fingerprint density at radius 3 is 3.05 bits per heavy atom. The van der Waals surface area contributed by atoms with E-state index in [1.165, 1.54) is 0 Å². The van der Waals surface area contributed by atoms with Gasteiger partial charge in [-0.2, -0.15) is 0 Å². The van der Waals surface area contributed by atoms with Gasteiger partial charge in [-0.05, 0) is 38.3 Å². The summed E-state index contributed by atoms with van der Waals surface area (Å²) >= 11 is 0. The maximum Gasteiger partial charge on any atom is 0.106 e. The van der Waals surface area contributed by atoms with Crippen LogP contribution < -0.4 is 0 Å². The van der Waals surface area contributed by atoms with Crippen LogP contribution in [-0.4, -0.2) is 33.5 Å². The van der Waals surface area contributed by atoms with Crippen LogP contribution in [0, 0.1) is 6.92 Å². The van der Waals surface area contributed by atoms with Gasteiger partial charge in [0.05, 0.1) is 36.4 Å². The SMILES string of the molecule is Cc1nc2ccccc2n1C[C@H](O)CO[C@H]1CC=CCC1. The van der Waals surface area contributed by atoms with Crippen LogP contribution in [0.3, 0.4) is 0 Å². The highest BCUT2D eigenvalue weighted by Crippen LogP contribution is 2.17. The molecule has 21 heavy (non-hydrogen) atoms. The molecule has 2 aromatic rings. The predicted octanol–water partition coefficient (Wildman–Crippen LogP) is 2.83. The molecule has 0 unspecified atom stereocenters. The van der Waals surface area contributed by atoms with E-state index in [0.717, 1.165) is 36.1 Å². The topological polar surface area (TPSA) is 47.3 Å². The average Bonchev–Trinajstić information content (AvgIpc) is 2.82. The largest absolute Gasteiger partial charge is 0.389 e. The minimum atomic E-state index is -0.507. The van der Waals surface area contributed by atoms with E-state index in [-0.39, 0.29) is 6.10 Å². The molecule has 1 aliphatic carbocycles. The summed E-state index contributed by atoms with van der Waals surface area (Å²) in [6.07, 6.45) is 7.19. The van der Waals surface area contributed by atoms with Gasteiger partial charge in [0.2, 0.25) is 0 Å². The third-order valence-electron chi connectivity index (χ3n) is 3.98. The first-order valence-electron chi connectivity index (χ1n) is 7.60. The number of para-hydroxylation sites is 2. The van der Waals surface area contributed by atoms with Gasteiger partial charge in [0.15, 0.2) is 0 Å². The van der Waals surface area contributed by atoms with Crippen LogP contribution in [0.1, 0.15) is 25.1 Å². The molecule has 3 rings (SSSR count). The summed E-state index contributed by atoms with van der Waals surface area (Å²) in [4.78, 5) is 4.52. The third kappa shape index (κ3) is 3.34. The Hall–Kier alpha value is -1.65. The van der Waals surface area contributed by atoms with Crippen molar-refractivity contribution in [3.05, 3.63) is 42.2 Å². The lowest BCUT2D eigenvalue weighted by Gasteiger charge is -2.21. The van der Waals surface area contributed by atoms with Crippen LogP contribution in [0.4, 0.5) is 0 Å². The summed E-state index contributed by atoms with van der Waals surface area (Å²) in [6.45, 7) is 2.87. The van der Waals surface area contributed by atoms with Crippen molar-refractivity contribution in [1.82, 2.24) is 9.55 Å². The molecule has 1 heterocycles. The molecule has 0 saturated carbocycles. The number of hydrogen-bond acceptors (Lipinski definition) is 3. The van der Waals surface area contributed by atoms with E-state index in [4.69, 9.17) is 4.74 Å². The molecule has 1 N–H and O–H groups in total. The van der Waals surface area contributed by atoms with Crippen molar-refractivity contribution < 1.29 is 9.84 Å². The summed E-state index contributed by atoms with van der Waals surface area (Å²) in [5, 5.41) is 10.2. The highest BCUT2D eigenvalue weighted by Gasteiger charge is 2.15. The highest BCUT2D eigenvalue weighted by atomic mass is 16.5. The van der Waals surface area contributed by atoms with Gasteiger partial charge in [0.1, 0.15) is 5.82 Å². The first kappa shape index (κ1) is 14.3. The summed E-state index contributed by atoms with van der Waals surface area (Å²) < 4.78 is 7.87. The quantitative estimate of drug-likeness (QED) is 0.860. The molecule has 112 valence electrons. The average molecular weight is 286 g/mol. The zero-order valence-corrected chi connectivity index (χ0v) is 12.4. The van der Waals surface area contributed by atoms with E-state index in [2.05, 4.69) is 21.7 Å². The Bertz CT molecular complexity index is 633. The van der Waals surface area contributed by atoms with E-state index >= 15 is 0 Å². The van der Waals surface area contributed by atoms with Gasteiger partial charge < -0.3 is 14.4 Å². The smallest absolute Gasteiger partial charge is 0.106 e. The van der Waals surface area contributed by atoms with Crippen LogP contribution in [0.25, 0.3) is 11.0 Å². The second-order valence-corrected chi connectivity index (χ2v) is 5.65. The van der Waals surface area contributed by atoms with Crippen molar-refractivity contribution in [2.24, 2.45) is 0 Å². The van der Waals surface area contributed by atoms with E-state index in [9.17, 15) is 5.11 Å². The zero-order chi connectivity index (χ0) is 14.7. The normalized spacial score (nSPS) is 20.0. The molecule has 0 aliphatic heterocycles. The van der Waals surface area contributed by atoms with Gasteiger partial charge in [-0.3, -0.25) is 0 Å². The molecule has 0 amide bonds. The lowest BCUT2D eigenvalue weighted by molar-refractivity contribution is -0.0175. The number of allylic oxidation sites excluding steroid dienone is 1. The molecular weight excluding hydrogens is 264 g/mol. The number of rotatable bonds is 5. The number of aliphatic hydroxyl groups excluding tert-OH is 1. The van der Waals surface area contributed by atoms with Crippen LogP contribution in [-0.2, 0) is 11.3 Å². The molecule has 1 aliphatic rings. The lowest BCUT2D eigenvalue weighted by Crippen LogP contribution is -2.26. The van der Waals surface area contributed by atoms with Gasteiger partial charge in [-0.25, -0.2) is 4.98 Å². The van der Waals surface area contributed by atoms with Crippen molar-refractivity contribution in [3.63, 3.8) is 0 Å². The summed E-state index contributed by atoms with van der Waals surface area (Å²) in [6, 6.07) is 8.01. The molecule has 0 radical (unpaired) electrons. The van der Waals surface area contributed by atoms with E-state index in [0.29, 0.717) is 13.2 Å². The lowest BCUT2D eigenvalue weighted by atomic mass is 10.1. The number of ether oxygens (including phenoxy) is 1. The van der Waals surface area contributed by atoms with Gasteiger partial charge in [0, 0.05) is 0 Å². The number of fused-ring (bicyclic) bond motifs is 1. The fraction of sp³-hybridized carbons (Fsp3) is 0.471. The predicted molar refractivity (Wildman–Crippen MR) is 83.2 cm³/mol. The molecule has 4 heteroatoms. The van der Waals surface area contributed by atoms with Crippen molar-refractivity contribution in [3.8, 4) is 0 Å². The first-order chi connectivity index (χ1) is 10.2. The van der Waals surface area contributed by atoms with Gasteiger partial charge >= 0.3 is 0 Å². The first-order valence-corrected chi connectivity index (χ1v) is 7.60. The minimum absolute atomic E-state index is 0.255. The van der Waals surface area contributed by atoms with Crippen LogP contribution in [0.2, 0.25) is 0 Å². The number of hydrogen-bond donors (Lipinski definition) is 1. The molecule has 4 nitrogen and oxygen atoms in total. The number of imidazole rings is 1. The Labute approximate surface area is 125 Å². The highest BCUT2D eigenvalue weighted by molar-refractivity contribution is 5.75. The fourth-order valence-electron chi connectivity index (χ4n) is 2.85. The maximum atomic E-state index is 10.2. The minimum Gasteiger partial charge on any atom is -0.389 e. The number of nitrogens with zero attached hydrogens (tertiary/aromatic N) is 2. The second kappa shape index (κ2) is 6.41. The Kier molecular flexibility index (Phi) is 4.36. The molecule has 0 saturated heterocycles. The Morgan fingerprint density at radius 2 is 2.24 bits per heavy atom.